The molecular formula is C7H11N3O. The van der Waals surface area contributed by atoms with Crippen molar-refractivity contribution in [3.63, 3.8) is 0 Å². The number of nitrogens with two attached hydrogens (primary N) is 1. The average Bonchev–Trinajstić information content (AvgIpc) is 2.45. The Morgan fingerprint density at radius 2 is 2.45 bits per heavy atom. The molecule has 1 aromatic heterocycles. The van der Waals surface area contributed by atoms with Gasteiger partial charge in [0.15, 0.2) is 5.76 Å². The minimum atomic E-state index is 0.479. The highest BCUT2D eigenvalue weighted by molar-refractivity contribution is 5.25. The van der Waals surface area contributed by atoms with Crippen LogP contribution < -0.4 is 5.73 Å². The van der Waals surface area contributed by atoms with Crippen LogP contribution in [0.15, 0.2) is 4.52 Å². The summed E-state index contributed by atoms with van der Waals surface area (Å²) in [6.45, 7) is 2.26. The van der Waals surface area contributed by atoms with Gasteiger partial charge in [0.25, 0.3) is 0 Å². The van der Waals surface area contributed by atoms with E-state index in [0.29, 0.717) is 6.54 Å². The van der Waals surface area contributed by atoms with Crippen LogP contribution in [0.5, 0.6) is 0 Å². The van der Waals surface area contributed by atoms with Gasteiger partial charge in [0.05, 0.1) is 6.54 Å². The van der Waals surface area contributed by atoms with Gasteiger partial charge < -0.3 is 10.3 Å². The van der Waals surface area contributed by atoms with Crippen LogP contribution in [0.4, 0.5) is 0 Å². The highest BCUT2D eigenvalue weighted by Gasteiger charge is 2.23. The van der Waals surface area contributed by atoms with E-state index in [9.17, 15) is 0 Å². The van der Waals surface area contributed by atoms with Gasteiger partial charge >= 0.3 is 0 Å². The summed E-state index contributed by atoms with van der Waals surface area (Å²) in [6.07, 6.45) is 0. The maximum absolute atomic E-state index is 5.47. The number of hydrogen-bond donors (Lipinski definition) is 1. The lowest BCUT2D eigenvalue weighted by molar-refractivity contribution is 0.296. The molecule has 0 aliphatic carbocycles. The third-order valence-electron chi connectivity index (χ3n) is 1.99. The Kier molecular flexibility index (Phi) is 1.44. The molecule has 1 aromatic rings. The number of hydrogen-bond acceptors (Lipinski definition) is 4. The molecule has 2 rings (SSSR count). The molecule has 0 aromatic carbocycles. The Labute approximate surface area is 65.0 Å². The first kappa shape index (κ1) is 6.82. The SMILES string of the molecule is CN1Cc2onc(CN)c2C1. The van der Waals surface area contributed by atoms with E-state index >= 15 is 0 Å². The minimum Gasteiger partial charge on any atom is -0.359 e. The Bertz CT molecular complexity index is 269. The summed E-state index contributed by atoms with van der Waals surface area (Å²) in [6, 6.07) is 0. The highest BCUT2D eigenvalue weighted by Crippen LogP contribution is 2.23. The number of nitrogens with zero attached hydrogens (tertiary/aromatic N) is 2. The molecule has 60 valence electrons. The molecule has 1 aliphatic heterocycles. The summed E-state index contributed by atoms with van der Waals surface area (Å²) < 4.78 is 5.10. The zero-order valence-corrected chi connectivity index (χ0v) is 6.50. The van der Waals surface area contributed by atoms with Crippen molar-refractivity contribution >= 4 is 0 Å². The van der Waals surface area contributed by atoms with E-state index in [1.165, 1.54) is 5.56 Å². The fourth-order valence-electron chi connectivity index (χ4n) is 1.42. The summed E-state index contributed by atoms with van der Waals surface area (Å²) >= 11 is 0. The molecule has 0 fully saturated rings. The molecule has 0 unspecified atom stereocenters. The monoisotopic (exact) mass is 153 g/mol. The zero-order valence-electron chi connectivity index (χ0n) is 6.50. The average molecular weight is 153 g/mol. The van der Waals surface area contributed by atoms with Gasteiger partial charge in [-0.25, -0.2) is 0 Å². The Hall–Kier alpha value is -0.870. The first-order valence-electron chi connectivity index (χ1n) is 3.66. The molecule has 0 atom stereocenters. The zero-order chi connectivity index (χ0) is 7.84. The first-order valence-corrected chi connectivity index (χ1v) is 3.66. The molecule has 0 spiro atoms. The summed E-state index contributed by atoms with van der Waals surface area (Å²) in [5, 5.41) is 3.86. The van der Waals surface area contributed by atoms with Crippen molar-refractivity contribution in [2.45, 2.75) is 19.6 Å². The first-order chi connectivity index (χ1) is 5.31. The van der Waals surface area contributed by atoms with Crippen LogP contribution in [-0.4, -0.2) is 17.1 Å². The summed E-state index contributed by atoms with van der Waals surface area (Å²) in [5.74, 6) is 0.980. The van der Waals surface area contributed by atoms with E-state index in [1.807, 2.05) is 0 Å². The van der Waals surface area contributed by atoms with Gasteiger partial charge in [0.1, 0.15) is 5.69 Å². The van der Waals surface area contributed by atoms with Crippen LogP contribution >= 0.6 is 0 Å². The fourth-order valence-corrected chi connectivity index (χ4v) is 1.42. The van der Waals surface area contributed by atoms with Gasteiger partial charge in [-0.3, -0.25) is 4.90 Å². The fraction of sp³-hybridized carbons (Fsp3) is 0.571. The van der Waals surface area contributed by atoms with Crippen molar-refractivity contribution in [3.05, 3.63) is 17.0 Å². The van der Waals surface area contributed by atoms with Crippen LogP contribution in [-0.2, 0) is 19.6 Å². The number of aromatic nitrogens is 1. The lowest BCUT2D eigenvalue weighted by Gasteiger charge is -2.03. The molecule has 11 heavy (non-hydrogen) atoms. The molecule has 0 saturated carbocycles. The number of rotatable bonds is 1. The largest absolute Gasteiger partial charge is 0.359 e. The quantitative estimate of drug-likeness (QED) is 0.620. The molecule has 0 saturated heterocycles. The van der Waals surface area contributed by atoms with Crippen molar-refractivity contribution in [1.82, 2.24) is 10.1 Å². The lowest BCUT2D eigenvalue weighted by Crippen LogP contribution is -2.09. The van der Waals surface area contributed by atoms with Gasteiger partial charge in [0, 0.05) is 18.7 Å². The third-order valence-corrected chi connectivity index (χ3v) is 1.99. The van der Waals surface area contributed by atoms with Crippen molar-refractivity contribution < 1.29 is 4.52 Å². The van der Waals surface area contributed by atoms with E-state index in [0.717, 1.165) is 24.5 Å². The summed E-state index contributed by atoms with van der Waals surface area (Å²) in [7, 11) is 2.05. The predicted molar refractivity (Wildman–Crippen MR) is 39.6 cm³/mol. The Morgan fingerprint density at radius 1 is 1.64 bits per heavy atom. The van der Waals surface area contributed by atoms with Crippen LogP contribution in [0.2, 0.25) is 0 Å². The smallest absolute Gasteiger partial charge is 0.155 e. The van der Waals surface area contributed by atoms with Crippen molar-refractivity contribution in [3.8, 4) is 0 Å². The molecule has 0 radical (unpaired) electrons. The maximum Gasteiger partial charge on any atom is 0.155 e. The topological polar surface area (TPSA) is 55.3 Å². The summed E-state index contributed by atoms with van der Waals surface area (Å²) in [4.78, 5) is 2.18. The third kappa shape index (κ3) is 0.948. The van der Waals surface area contributed by atoms with Crippen LogP contribution in [0.25, 0.3) is 0 Å². The van der Waals surface area contributed by atoms with Gasteiger partial charge in [-0.05, 0) is 7.05 Å². The minimum absolute atomic E-state index is 0.479. The van der Waals surface area contributed by atoms with E-state index in [2.05, 4.69) is 17.1 Å². The number of fused-ring (bicyclic) bond motifs is 1. The highest BCUT2D eigenvalue weighted by atomic mass is 16.5. The molecule has 0 bridgehead atoms. The molecule has 2 N–H and O–H groups in total. The normalized spacial score (nSPS) is 17.3. The standard InChI is InChI=1S/C7H11N3O/c1-10-3-5-6(2-8)9-11-7(5)4-10/h2-4,8H2,1H3. The molecular weight excluding hydrogens is 142 g/mol. The second kappa shape index (κ2) is 2.32. The van der Waals surface area contributed by atoms with Crippen molar-refractivity contribution in [2.24, 2.45) is 5.73 Å². The predicted octanol–water partition coefficient (Wildman–Crippen LogP) is 0.0787. The van der Waals surface area contributed by atoms with Gasteiger partial charge in [0.2, 0.25) is 0 Å². The van der Waals surface area contributed by atoms with E-state index < -0.39 is 0 Å². The second-order valence-corrected chi connectivity index (χ2v) is 2.91. The van der Waals surface area contributed by atoms with Crippen LogP contribution in [0.1, 0.15) is 17.0 Å². The summed E-state index contributed by atoms with van der Waals surface area (Å²) in [5.41, 5.74) is 7.57. The van der Waals surface area contributed by atoms with Gasteiger partial charge in [-0.15, -0.1) is 0 Å². The maximum atomic E-state index is 5.47. The molecule has 1 aliphatic rings. The van der Waals surface area contributed by atoms with Crippen molar-refractivity contribution in [1.29, 1.82) is 0 Å². The molecule has 4 heteroatoms. The van der Waals surface area contributed by atoms with Crippen molar-refractivity contribution in [2.75, 3.05) is 7.05 Å². The lowest BCUT2D eigenvalue weighted by atomic mass is 10.2. The second-order valence-electron chi connectivity index (χ2n) is 2.91. The molecule has 0 amide bonds. The van der Waals surface area contributed by atoms with E-state index in [4.69, 9.17) is 10.3 Å². The van der Waals surface area contributed by atoms with Crippen LogP contribution in [0, 0.1) is 0 Å². The van der Waals surface area contributed by atoms with E-state index in [-0.39, 0.29) is 0 Å². The Morgan fingerprint density at radius 3 is 3.18 bits per heavy atom. The van der Waals surface area contributed by atoms with E-state index in [1.54, 1.807) is 0 Å². The van der Waals surface area contributed by atoms with Crippen LogP contribution in [0.3, 0.4) is 0 Å². The Balaban J connectivity index is 2.37. The van der Waals surface area contributed by atoms with Gasteiger partial charge in [-0.1, -0.05) is 5.16 Å². The molecule has 2 heterocycles. The van der Waals surface area contributed by atoms with Gasteiger partial charge in [-0.2, -0.15) is 0 Å². The molecule has 4 nitrogen and oxygen atoms in total.